The molecule has 4 aliphatic rings. The van der Waals surface area contributed by atoms with Crippen molar-refractivity contribution in [1.82, 2.24) is 0 Å². The smallest absolute Gasteiger partial charge is 0.0205 e. The molecule has 2 unspecified atom stereocenters. The van der Waals surface area contributed by atoms with Crippen molar-refractivity contribution in [3.05, 3.63) is 144 Å². The number of hydrogen-bond acceptors (Lipinski definition) is 0. The largest absolute Gasteiger partial charge is 0.0754 e. The molecule has 0 aromatic heterocycles. The summed E-state index contributed by atoms with van der Waals surface area (Å²) in [7, 11) is 0. The Labute approximate surface area is 237 Å². The summed E-state index contributed by atoms with van der Waals surface area (Å²) >= 11 is 0. The first-order valence-corrected chi connectivity index (χ1v) is 14.9. The highest BCUT2D eigenvalue weighted by Crippen LogP contribution is 2.57. The molecule has 0 radical (unpaired) electrons. The van der Waals surface area contributed by atoms with Gasteiger partial charge >= 0.3 is 0 Å². The molecule has 0 fully saturated rings. The van der Waals surface area contributed by atoms with Crippen LogP contribution < -0.4 is 0 Å². The zero-order valence-electron chi connectivity index (χ0n) is 23.7. The summed E-state index contributed by atoms with van der Waals surface area (Å²) in [6, 6.07) is 34.0. The second-order valence-electron chi connectivity index (χ2n) is 10.4. The molecule has 0 heteroatoms. The highest BCUT2D eigenvalue weighted by Gasteiger charge is 2.40. The first-order chi connectivity index (χ1) is 19.9. The van der Waals surface area contributed by atoms with E-state index in [-0.39, 0.29) is 0 Å². The van der Waals surface area contributed by atoms with Gasteiger partial charge in [0.1, 0.15) is 0 Å². The highest BCUT2D eigenvalue weighted by molar-refractivity contribution is 6.18. The summed E-state index contributed by atoms with van der Waals surface area (Å²) in [5.41, 5.74) is 14.0. The lowest BCUT2D eigenvalue weighted by atomic mass is 9.74. The predicted octanol–water partition coefficient (Wildman–Crippen LogP) is 11.4. The molecule has 0 saturated carbocycles. The third-order valence-corrected chi connectivity index (χ3v) is 8.79. The lowest BCUT2D eigenvalue weighted by Gasteiger charge is -2.29. The Hall–Kier alpha value is -4.42. The first-order valence-electron chi connectivity index (χ1n) is 14.9. The topological polar surface area (TPSA) is 0 Å². The molecule has 4 aliphatic carbocycles. The number of benzene rings is 5. The molecule has 9 rings (SSSR count). The van der Waals surface area contributed by atoms with E-state index < -0.39 is 0 Å². The number of rotatable bonds is 1. The molecule has 194 valence electrons. The quantitative estimate of drug-likeness (QED) is 0.205. The summed E-state index contributed by atoms with van der Waals surface area (Å²) in [5.74, 6) is 0.794. The maximum absolute atomic E-state index is 2.47. The van der Waals surface area contributed by atoms with Gasteiger partial charge in [-0.25, -0.2) is 0 Å². The Morgan fingerprint density at radius 1 is 0.550 bits per heavy atom. The average molecular weight is 515 g/mol. The second-order valence-corrected chi connectivity index (χ2v) is 10.4. The molecule has 5 aromatic carbocycles. The van der Waals surface area contributed by atoms with Crippen LogP contribution in [0.5, 0.6) is 0 Å². The number of hydrogen-bond donors (Lipinski definition) is 0. The second kappa shape index (κ2) is 9.65. The molecule has 0 aliphatic heterocycles. The van der Waals surface area contributed by atoms with Crippen molar-refractivity contribution in [3.8, 4) is 22.3 Å². The lowest BCUT2D eigenvalue weighted by molar-refractivity contribution is 0.725. The van der Waals surface area contributed by atoms with E-state index in [1.807, 2.05) is 27.7 Å². The Morgan fingerprint density at radius 2 is 1.20 bits per heavy atom. The van der Waals surface area contributed by atoms with Gasteiger partial charge in [0, 0.05) is 11.8 Å². The normalized spacial score (nSPS) is 18.4. The monoisotopic (exact) mass is 514 g/mol. The molecular weight excluding hydrogens is 480 g/mol. The Morgan fingerprint density at radius 3 is 1.98 bits per heavy atom. The van der Waals surface area contributed by atoms with Crippen LogP contribution in [0.3, 0.4) is 0 Å². The SMILES string of the molecule is C1=CC2=C(c3ccc4c5c(cccc35)-c3ccccc3-4)C=CC3c4cc5ccccc5cc4C(=C1)C23.CC.CC. The molecular formula is C40H34. The van der Waals surface area contributed by atoms with Crippen molar-refractivity contribution in [2.45, 2.75) is 33.6 Å². The van der Waals surface area contributed by atoms with E-state index >= 15 is 0 Å². The van der Waals surface area contributed by atoms with Crippen LogP contribution in [0.25, 0.3) is 54.9 Å². The Balaban J connectivity index is 0.000000636. The predicted molar refractivity (Wildman–Crippen MR) is 174 cm³/mol. The van der Waals surface area contributed by atoms with Crippen LogP contribution in [-0.4, -0.2) is 0 Å². The molecule has 0 spiro atoms. The Bertz CT molecular complexity index is 1910. The maximum Gasteiger partial charge on any atom is 0.0205 e. The van der Waals surface area contributed by atoms with Gasteiger partial charge in [-0.05, 0) is 89.3 Å². The van der Waals surface area contributed by atoms with Crippen molar-refractivity contribution in [3.63, 3.8) is 0 Å². The van der Waals surface area contributed by atoms with E-state index in [0.29, 0.717) is 11.8 Å². The van der Waals surface area contributed by atoms with Crippen LogP contribution >= 0.6 is 0 Å². The van der Waals surface area contributed by atoms with Crippen LogP contribution in [0.4, 0.5) is 0 Å². The maximum atomic E-state index is 2.47. The molecule has 0 bridgehead atoms. The van der Waals surface area contributed by atoms with Gasteiger partial charge < -0.3 is 0 Å². The summed E-state index contributed by atoms with van der Waals surface area (Å²) in [5, 5.41) is 5.42. The van der Waals surface area contributed by atoms with E-state index in [9.17, 15) is 0 Å². The van der Waals surface area contributed by atoms with Crippen molar-refractivity contribution in [1.29, 1.82) is 0 Å². The van der Waals surface area contributed by atoms with E-state index in [0.717, 1.165) is 0 Å². The summed E-state index contributed by atoms with van der Waals surface area (Å²) in [4.78, 5) is 0. The number of allylic oxidation sites excluding steroid dienone is 8. The molecule has 40 heavy (non-hydrogen) atoms. The molecule has 0 saturated heterocycles. The van der Waals surface area contributed by atoms with Gasteiger partial charge in [-0.3, -0.25) is 0 Å². The summed E-state index contributed by atoms with van der Waals surface area (Å²) in [6.45, 7) is 8.00. The molecule has 5 aromatic rings. The van der Waals surface area contributed by atoms with Crippen molar-refractivity contribution >= 4 is 32.7 Å². The van der Waals surface area contributed by atoms with E-state index in [1.54, 1.807) is 0 Å². The fourth-order valence-corrected chi connectivity index (χ4v) is 7.29. The zero-order valence-corrected chi connectivity index (χ0v) is 23.7. The molecule has 0 nitrogen and oxygen atoms in total. The fourth-order valence-electron chi connectivity index (χ4n) is 7.29. The van der Waals surface area contributed by atoms with Gasteiger partial charge in [0.2, 0.25) is 0 Å². The average Bonchev–Trinajstić information content (AvgIpc) is 3.53. The minimum Gasteiger partial charge on any atom is -0.0754 e. The van der Waals surface area contributed by atoms with Crippen LogP contribution in [0.2, 0.25) is 0 Å². The van der Waals surface area contributed by atoms with Crippen LogP contribution in [0, 0.1) is 5.92 Å². The molecule has 0 amide bonds. The standard InChI is InChI=1S/C36H22.2C2H6/c1-2-8-22-20-34-32-18-16-26(29-13-6-14-30(36(29)32)33(34)19-21(22)7-1)25-15-17-31-24-10-4-3-9-23(24)27-11-5-12-28(25)35(27)31;2*1-2/h1-20,32,36H;2*1-2H3. The molecule has 0 heterocycles. The highest BCUT2D eigenvalue weighted by atomic mass is 14.4. The van der Waals surface area contributed by atoms with E-state index in [2.05, 4.69) is 121 Å². The molecule has 0 N–H and O–H groups in total. The van der Waals surface area contributed by atoms with Gasteiger partial charge in [0.05, 0.1) is 0 Å². The van der Waals surface area contributed by atoms with Gasteiger partial charge in [-0.1, -0.05) is 137 Å². The summed E-state index contributed by atoms with van der Waals surface area (Å²) < 4.78 is 0. The minimum atomic E-state index is 0.391. The number of fused-ring (bicyclic) bond motifs is 7. The fraction of sp³-hybridized carbons (Fsp3) is 0.150. The Kier molecular flexibility index (Phi) is 5.93. The third kappa shape index (κ3) is 3.32. The van der Waals surface area contributed by atoms with Crippen molar-refractivity contribution in [2.24, 2.45) is 5.92 Å². The first kappa shape index (κ1) is 24.6. The van der Waals surface area contributed by atoms with Gasteiger partial charge in [0.25, 0.3) is 0 Å². The molecule has 2 atom stereocenters. The summed E-state index contributed by atoms with van der Waals surface area (Å²) in [6.07, 6.45) is 11.8. The van der Waals surface area contributed by atoms with Crippen molar-refractivity contribution < 1.29 is 0 Å². The van der Waals surface area contributed by atoms with E-state index in [4.69, 9.17) is 0 Å². The van der Waals surface area contributed by atoms with Crippen LogP contribution in [0.15, 0.2) is 127 Å². The zero-order chi connectivity index (χ0) is 27.4. The minimum absolute atomic E-state index is 0.391. The van der Waals surface area contributed by atoms with Gasteiger partial charge in [-0.15, -0.1) is 0 Å². The van der Waals surface area contributed by atoms with Gasteiger partial charge in [0.15, 0.2) is 0 Å². The van der Waals surface area contributed by atoms with Crippen LogP contribution in [0.1, 0.15) is 50.3 Å². The van der Waals surface area contributed by atoms with Crippen LogP contribution in [-0.2, 0) is 0 Å². The lowest BCUT2D eigenvalue weighted by Crippen LogP contribution is -2.14. The van der Waals surface area contributed by atoms with Crippen molar-refractivity contribution in [2.75, 3.05) is 0 Å². The third-order valence-electron chi connectivity index (χ3n) is 8.79. The van der Waals surface area contributed by atoms with Gasteiger partial charge in [-0.2, -0.15) is 0 Å². The van der Waals surface area contributed by atoms with E-state index in [1.165, 1.54) is 77.2 Å².